The second-order valence-electron chi connectivity index (χ2n) is 6.70. The lowest BCUT2D eigenvalue weighted by molar-refractivity contribution is -0.121. The van der Waals surface area contributed by atoms with E-state index in [0.29, 0.717) is 17.4 Å². The topological polar surface area (TPSA) is 73.1 Å². The maximum Gasteiger partial charge on any atom is 0.336 e. The summed E-state index contributed by atoms with van der Waals surface area (Å²) < 4.78 is 15.4. The van der Waals surface area contributed by atoms with Gasteiger partial charge in [0.2, 0.25) is 5.91 Å². The van der Waals surface area contributed by atoms with E-state index >= 15 is 0 Å². The third kappa shape index (κ3) is 3.81. The second-order valence-corrected chi connectivity index (χ2v) is 6.70. The van der Waals surface area contributed by atoms with Crippen LogP contribution in [0.15, 0.2) is 58.1 Å². The summed E-state index contributed by atoms with van der Waals surface area (Å²) in [6, 6.07) is 11.7. The Bertz CT molecular complexity index is 1100. The van der Waals surface area contributed by atoms with Crippen LogP contribution in [0.4, 0.5) is 4.39 Å². The van der Waals surface area contributed by atoms with Gasteiger partial charge in [0.25, 0.3) is 5.56 Å². The highest BCUT2D eigenvalue weighted by atomic mass is 19.1. The van der Waals surface area contributed by atoms with Crippen molar-refractivity contribution in [3.63, 3.8) is 0 Å². The highest BCUT2D eigenvalue weighted by molar-refractivity contribution is 5.81. The van der Waals surface area contributed by atoms with Gasteiger partial charge in [0.1, 0.15) is 12.4 Å². The van der Waals surface area contributed by atoms with Gasteiger partial charge < -0.3 is 5.32 Å². The van der Waals surface area contributed by atoms with E-state index in [1.807, 2.05) is 13.8 Å². The summed E-state index contributed by atoms with van der Waals surface area (Å²) in [5.74, 6) is -0.517. The van der Waals surface area contributed by atoms with Crippen molar-refractivity contribution in [2.24, 2.45) is 5.92 Å². The van der Waals surface area contributed by atoms with Crippen LogP contribution in [0.25, 0.3) is 16.6 Å². The fourth-order valence-corrected chi connectivity index (χ4v) is 2.81. The number of carbonyl (C=O) groups is 1. The molecule has 0 saturated carbocycles. The van der Waals surface area contributed by atoms with Crippen molar-refractivity contribution in [2.45, 2.75) is 20.4 Å². The zero-order valence-corrected chi connectivity index (χ0v) is 15.1. The van der Waals surface area contributed by atoms with E-state index in [4.69, 9.17) is 0 Å². The molecule has 7 heteroatoms. The first-order chi connectivity index (χ1) is 12.9. The Hall–Kier alpha value is -3.22. The van der Waals surface area contributed by atoms with Crippen LogP contribution in [-0.4, -0.2) is 21.6 Å². The lowest BCUT2D eigenvalue weighted by atomic mass is 10.2. The molecule has 1 amide bonds. The molecule has 1 aromatic heterocycles. The molecule has 1 N–H and O–H groups in total. The van der Waals surface area contributed by atoms with Crippen molar-refractivity contribution in [1.29, 1.82) is 0 Å². The molecule has 0 saturated heterocycles. The predicted molar refractivity (Wildman–Crippen MR) is 102 cm³/mol. The maximum atomic E-state index is 13.2. The molecule has 0 aliphatic rings. The lowest BCUT2D eigenvalue weighted by Gasteiger charge is -2.14. The normalized spacial score (nSPS) is 11.1. The number of halogens is 1. The average Bonchev–Trinajstić information content (AvgIpc) is 2.65. The molecular weight excluding hydrogens is 349 g/mol. The first-order valence-corrected chi connectivity index (χ1v) is 8.65. The molecule has 0 radical (unpaired) electrons. The van der Waals surface area contributed by atoms with Crippen molar-refractivity contribution in [3.8, 4) is 5.69 Å². The summed E-state index contributed by atoms with van der Waals surface area (Å²) in [5.41, 5.74) is -0.537. The highest BCUT2D eigenvalue weighted by Crippen LogP contribution is 2.11. The molecule has 0 unspecified atom stereocenters. The number of carbonyl (C=O) groups excluding carboxylic acids is 1. The summed E-state index contributed by atoms with van der Waals surface area (Å²) >= 11 is 0. The van der Waals surface area contributed by atoms with Crippen LogP contribution >= 0.6 is 0 Å². The van der Waals surface area contributed by atoms with Gasteiger partial charge in [-0.05, 0) is 42.3 Å². The van der Waals surface area contributed by atoms with Gasteiger partial charge in [-0.25, -0.2) is 13.8 Å². The van der Waals surface area contributed by atoms with E-state index in [-0.39, 0.29) is 24.1 Å². The van der Waals surface area contributed by atoms with E-state index in [0.717, 1.165) is 4.57 Å². The van der Waals surface area contributed by atoms with Gasteiger partial charge in [-0.15, -0.1) is 0 Å². The summed E-state index contributed by atoms with van der Waals surface area (Å²) in [4.78, 5) is 38.1. The number of rotatable bonds is 5. The standard InChI is InChI=1S/C20H20FN3O3/c1-13(2)11-22-18(25)12-23-17-6-4-3-5-16(17)19(26)24(20(23)27)15-9-7-14(21)8-10-15/h3-10,13H,11-12H2,1-2H3,(H,22,25). The Labute approximate surface area is 154 Å². The summed E-state index contributed by atoms with van der Waals surface area (Å²) in [5, 5.41) is 3.07. The number of benzene rings is 2. The minimum atomic E-state index is -0.648. The third-order valence-corrected chi connectivity index (χ3v) is 4.14. The first kappa shape index (κ1) is 18.6. The van der Waals surface area contributed by atoms with Crippen LogP contribution < -0.4 is 16.6 Å². The molecule has 3 aromatic rings. The van der Waals surface area contributed by atoms with Crippen LogP contribution in [0.2, 0.25) is 0 Å². The van der Waals surface area contributed by atoms with Crippen molar-refractivity contribution in [3.05, 3.63) is 75.2 Å². The van der Waals surface area contributed by atoms with Crippen LogP contribution in [-0.2, 0) is 11.3 Å². The van der Waals surface area contributed by atoms with E-state index in [9.17, 15) is 18.8 Å². The molecular formula is C20H20FN3O3. The Kier molecular flexibility index (Phi) is 5.21. The zero-order valence-electron chi connectivity index (χ0n) is 15.1. The molecule has 0 atom stereocenters. The van der Waals surface area contributed by atoms with Gasteiger partial charge in [0.05, 0.1) is 16.6 Å². The number of para-hydroxylation sites is 1. The molecule has 27 heavy (non-hydrogen) atoms. The van der Waals surface area contributed by atoms with Gasteiger partial charge in [0, 0.05) is 6.54 Å². The minimum absolute atomic E-state index is 0.215. The van der Waals surface area contributed by atoms with E-state index in [2.05, 4.69) is 5.32 Å². The van der Waals surface area contributed by atoms with Gasteiger partial charge in [-0.3, -0.25) is 14.2 Å². The molecule has 2 aromatic carbocycles. The molecule has 0 spiro atoms. The van der Waals surface area contributed by atoms with E-state index < -0.39 is 17.1 Å². The van der Waals surface area contributed by atoms with Gasteiger partial charge in [-0.2, -0.15) is 0 Å². The second kappa shape index (κ2) is 7.57. The van der Waals surface area contributed by atoms with E-state index in [1.165, 1.54) is 28.8 Å². The van der Waals surface area contributed by atoms with Crippen molar-refractivity contribution in [2.75, 3.05) is 6.54 Å². The Balaban J connectivity index is 2.18. The molecule has 3 rings (SSSR count). The van der Waals surface area contributed by atoms with Gasteiger partial charge in [0.15, 0.2) is 0 Å². The Morgan fingerprint density at radius 2 is 1.74 bits per heavy atom. The van der Waals surface area contributed by atoms with Gasteiger partial charge >= 0.3 is 5.69 Å². The average molecular weight is 369 g/mol. The lowest BCUT2D eigenvalue weighted by Crippen LogP contribution is -2.42. The monoisotopic (exact) mass is 369 g/mol. The molecule has 0 aliphatic heterocycles. The van der Waals surface area contributed by atoms with Crippen LogP contribution in [0, 0.1) is 11.7 Å². The number of nitrogens with zero attached hydrogens (tertiary/aromatic N) is 2. The minimum Gasteiger partial charge on any atom is -0.354 e. The van der Waals surface area contributed by atoms with Crippen LogP contribution in [0.3, 0.4) is 0 Å². The number of nitrogens with one attached hydrogen (secondary N) is 1. The van der Waals surface area contributed by atoms with Crippen LogP contribution in [0.5, 0.6) is 0 Å². The third-order valence-electron chi connectivity index (χ3n) is 4.14. The number of hydrogen-bond acceptors (Lipinski definition) is 3. The smallest absolute Gasteiger partial charge is 0.336 e. The fourth-order valence-electron chi connectivity index (χ4n) is 2.81. The maximum absolute atomic E-state index is 13.2. The zero-order chi connectivity index (χ0) is 19.6. The molecule has 0 bridgehead atoms. The molecule has 1 heterocycles. The van der Waals surface area contributed by atoms with Gasteiger partial charge in [-0.1, -0.05) is 26.0 Å². The number of fused-ring (bicyclic) bond motifs is 1. The Morgan fingerprint density at radius 1 is 1.07 bits per heavy atom. The molecule has 140 valence electrons. The SMILES string of the molecule is CC(C)CNC(=O)Cn1c(=O)n(-c2ccc(F)cc2)c(=O)c2ccccc21. The summed E-state index contributed by atoms with van der Waals surface area (Å²) in [6.45, 7) is 4.21. The first-order valence-electron chi connectivity index (χ1n) is 8.65. The number of hydrogen-bond donors (Lipinski definition) is 1. The summed E-state index contributed by atoms with van der Waals surface area (Å²) in [6.07, 6.45) is 0. The van der Waals surface area contributed by atoms with Crippen LogP contribution in [0.1, 0.15) is 13.8 Å². The van der Waals surface area contributed by atoms with Crippen molar-refractivity contribution < 1.29 is 9.18 Å². The largest absolute Gasteiger partial charge is 0.354 e. The number of amides is 1. The molecule has 6 nitrogen and oxygen atoms in total. The highest BCUT2D eigenvalue weighted by Gasteiger charge is 2.16. The van der Waals surface area contributed by atoms with Crippen molar-refractivity contribution >= 4 is 16.8 Å². The number of aromatic nitrogens is 2. The predicted octanol–water partition coefficient (Wildman–Crippen LogP) is 2.06. The molecule has 0 fully saturated rings. The Morgan fingerprint density at radius 3 is 2.41 bits per heavy atom. The molecule has 0 aliphatic carbocycles. The summed E-state index contributed by atoms with van der Waals surface area (Å²) in [7, 11) is 0. The van der Waals surface area contributed by atoms with E-state index in [1.54, 1.807) is 24.3 Å². The fraction of sp³-hybridized carbons (Fsp3) is 0.250. The quantitative estimate of drug-likeness (QED) is 0.748. The van der Waals surface area contributed by atoms with Crippen molar-refractivity contribution in [1.82, 2.24) is 14.5 Å².